The van der Waals surface area contributed by atoms with Gasteiger partial charge in [-0.3, -0.25) is 0 Å². The minimum atomic E-state index is -0.165. The molecule has 1 aliphatic carbocycles. The molecular weight excluding hydrogens is 250 g/mol. The Morgan fingerprint density at radius 1 is 1.25 bits per heavy atom. The summed E-state index contributed by atoms with van der Waals surface area (Å²) >= 11 is 0. The van der Waals surface area contributed by atoms with Gasteiger partial charge in [-0.2, -0.15) is 0 Å². The second-order valence-electron chi connectivity index (χ2n) is 5.68. The van der Waals surface area contributed by atoms with Crippen molar-refractivity contribution in [2.75, 3.05) is 13.7 Å². The van der Waals surface area contributed by atoms with Gasteiger partial charge in [0.25, 0.3) is 0 Å². The summed E-state index contributed by atoms with van der Waals surface area (Å²) in [6.45, 7) is 0.168. The summed E-state index contributed by atoms with van der Waals surface area (Å²) in [6.07, 6.45) is 2.97. The number of fused-ring (bicyclic) bond motifs is 1. The lowest BCUT2D eigenvalue weighted by Gasteiger charge is -2.26. The highest BCUT2D eigenvalue weighted by Crippen LogP contribution is 2.33. The molecule has 3 heteroatoms. The SMILES string of the molecule is CNC1(CO)CCC(Oc2ccc3ccccc3c2)C1. The number of aliphatic hydroxyl groups is 1. The first-order chi connectivity index (χ1) is 9.74. The van der Waals surface area contributed by atoms with Crippen molar-refractivity contribution in [1.82, 2.24) is 5.32 Å². The van der Waals surface area contributed by atoms with Crippen molar-refractivity contribution in [2.24, 2.45) is 0 Å². The van der Waals surface area contributed by atoms with Gasteiger partial charge in [0.15, 0.2) is 0 Å². The summed E-state index contributed by atoms with van der Waals surface area (Å²) in [7, 11) is 1.91. The van der Waals surface area contributed by atoms with Crippen LogP contribution in [-0.4, -0.2) is 30.4 Å². The Labute approximate surface area is 119 Å². The summed E-state index contributed by atoms with van der Waals surface area (Å²) in [5.41, 5.74) is -0.165. The molecule has 0 bridgehead atoms. The Morgan fingerprint density at radius 3 is 2.75 bits per heavy atom. The first-order valence-corrected chi connectivity index (χ1v) is 7.20. The fourth-order valence-electron chi connectivity index (χ4n) is 3.06. The molecule has 0 radical (unpaired) electrons. The predicted octanol–water partition coefficient (Wildman–Crippen LogP) is 2.72. The van der Waals surface area contributed by atoms with Crippen LogP contribution in [0.15, 0.2) is 42.5 Å². The van der Waals surface area contributed by atoms with Crippen molar-refractivity contribution in [3.05, 3.63) is 42.5 Å². The second-order valence-corrected chi connectivity index (χ2v) is 5.68. The van der Waals surface area contributed by atoms with Gasteiger partial charge in [-0.25, -0.2) is 0 Å². The van der Waals surface area contributed by atoms with Crippen LogP contribution in [0.1, 0.15) is 19.3 Å². The number of hydrogen-bond donors (Lipinski definition) is 2. The normalized spacial score (nSPS) is 26.0. The van der Waals surface area contributed by atoms with Crippen molar-refractivity contribution >= 4 is 10.8 Å². The highest BCUT2D eigenvalue weighted by Gasteiger charge is 2.38. The molecule has 0 saturated heterocycles. The van der Waals surface area contributed by atoms with E-state index >= 15 is 0 Å². The van der Waals surface area contributed by atoms with Gasteiger partial charge >= 0.3 is 0 Å². The van der Waals surface area contributed by atoms with Crippen molar-refractivity contribution < 1.29 is 9.84 Å². The van der Waals surface area contributed by atoms with Crippen LogP contribution in [0, 0.1) is 0 Å². The molecule has 0 heterocycles. The first kappa shape index (κ1) is 13.4. The number of ether oxygens (including phenoxy) is 1. The van der Waals surface area contributed by atoms with E-state index in [1.165, 1.54) is 10.8 Å². The van der Waals surface area contributed by atoms with E-state index in [9.17, 15) is 5.11 Å². The second kappa shape index (κ2) is 5.43. The van der Waals surface area contributed by atoms with Crippen LogP contribution in [0.5, 0.6) is 5.75 Å². The number of nitrogens with one attached hydrogen (secondary N) is 1. The third kappa shape index (κ3) is 2.51. The van der Waals surface area contributed by atoms with Gasteiger partial charge in [0.1, 0.15) is 11.9 Å². The van der Waals surface area contributed by atoms with E-state index in [1.54, 1.807) is 0 Å². The molecule has 2 N–H and O–H groups in total. The molecule has 2 aromatic rings. The standard InChI is InChI=1S/C17H21NO2/c1-18-17(12-19)9-8-16(11-17)20-15-7-6-13-4-2-3-5-14(13)10-15/h2-7,10,16,18-19H,8-9,11-12H2,1H3. The molecule has 2 unspecified atom stereocenters. The van der Waals surface area contributed by atoms with E-state index in [0.717, 1.165) is 25.0 Å². The van der Waals surface area contributed by atoms with Gasteiger partial charge in [0, 0.05) is 12.0 Å². The van der Waals surface area contributed by atoms with E-state index in [-0.39, 0.29) is 18.2 Å². The van der Waals surface area contributed by atoms with Gasteiger partial charge in [-0.05, 0) is 42.8 Å². The Morgan fingerprint density at radius 2 is 2.05 bits per heavy atom. The average molecular weight is 271 g/mol. The minimum Gasteiger partial charge on any atom is -0.490 e. The van der Waals surface area contributed by atoms with Crippen LogP contribution in [0.4, 0.5) is 0 Å². The highest BCUT2D eigenvalue weighted by molar-refractivity contribution is 5.83. The summed E-state index contributed by atoms with van der Waals surface area (Å²) in [6, 6.07) is 14.5. The fraction of sp³-hybridized carbons (Fsp3) is 0.412. The van der Waals surface area contributed by atoms with Crippen LogP contribution < -0.4 is 10.1 Å². The lowest BCUT2D eigenvalue weighted by molar-refractivity contribution is 0.146. The summed E-state index contributed by atoms with van der Waals surface area (Å²) in [5, 5.41) is 15.2. The van der Waals surface area contributed by atoms with Crippen molar-refractivity contribution in [3.8, 4) is 5.75 Å². The number of hydrogen-bond acceptors (Lipinski definition) is 3. The smallest absolute Gasteiger partial charge is 0.120 e. The van der Waals surface area contributed by atoms with Crippen molar-refractivity contribution in [1.29, 1.82) is 0 Å². The molecule has 1 fully saturated rings. The monoisotopic (exact) mass is 271 g/mol. The molecular formula is C17H21NO2. The highest BCUT2D eigenvalue weighted by atomic mass is 16.5. The molecule has 0 aliphatic heterocycles. The van der Waals surface area contributed by atoms with Crippen LogP contribution in [0.25, 0.3) is 10.8 Å². The number of likely N-dealkylation sites (N-methyl/N-ethyl adjacent to an activating group) is 1. The van der Waals surface area contributed by atoms with Gasteiger partial charge in [-0.15, -0.1) is 0 Å². The molecule has 0 aromatic heterocycles. The first-order valence-electron chi connectivity index (χ1n) is 7.20. The minimum absolute atomic E-state index is 0.165. The van der Waals surface area contributed by atoms with E-state index in [0.29, 0.717) is 0 Å². The maximum absolute atomic E-state index is 9.52. The topological polar surface area (TPSA) is 41.5 Å². The third-order valence-electron chi connectivity index (χ3n) is 4.42. The molecule has 3 nitrogen and oxygen atoms in total. The average Bonchev–Trinajstić information content (AvgIpc) is 2.91. The van der Waals surface area contributed by atoms with Crippen LogP contribution in [0.2, 0.25) is 0 Å². The number of aliphatic hydroxyl groups excluding tert-OH is 1. The van der Waals surface area contributed by atoms with Gasteiger partial charge in [0.05, 0.1) is 6.61 Å². The zero-order valence-electron chi connectivity index (χ0n) is 11.8. The van der Waals surface area contributed by atoms with Gasteiger partial charge in [-0.1, -0.05) is 30.3 Å². The molecule has 1 aliphatic rings. The van der Waals surface area contributed by atoms with Crippen LogP contribution in [-0.2, 0) is 0 Å². The molecule has 2 atom stereocenters. The maximum atomic E-state index is 9.52. The number of benzene rings is 2. The maximum Gasteiger partial charge on any atom is 0.120 e. The Kier molecular flexibility index (Phi) is 3.64. The van der Waals surface area contributed by atoms with Crippen molar-refractivity contribution in [3.63, 3.8) is 0 Å². The molecule has 0 spiro atoms. The molecule has 1 saturated carbocycles. The molecule has 0 amide bonds. The van der Waals surface area contributed by atoms with E-state index in [2.05, 4.69) is 29.6 Å². The lowest BCUT2D eigenvalue weighted by atomic mass is 9.99. The summed E-state index contributed by atoms with van der Waals surface area (Å²) in [5.74, 6) is 0.915. The lowest BCUT2D eigenvalue weighted by Crippen LogP contribution is -2.44. The largest absolute Gasteiger partial charge is 0.490 e. The third-order valence-corrected chi connectivity index (χ3v) is 4.42. The van der Waals surface area contributed by atoms with Gasteiger partial charge < -0.3 is 15.2 Å². The quantitative estimate of drug-likeness (QED) is 0.898. The Hall–Kier alpha value is -1.58. The Balaban J connectivity index is 1.74. The predicted molar refractivity (Wildman–Crippen MR) is 81.1 cm³/mol. The summed E-state index contributed by atoms with van der Waals surface area (Å²) in [4.78, 5) is 0. The Bertz CT molecular complexity index is 592. The zero-order valence-corrected chi connectivity index (χ0v) is 11.8. The fourth-order valence-corrected chi connectivity index (χ4v) is 3.06. The van der Waals surface area contributed by atoms with Crippen LogP contribution >= 0.6 is 0 Å². The van der Waals surface area contributed by atoms with E-state index in [1.807, 2.05) is 25.2 Å². The zero-order chi connectivity index (χ0) is 14.0. The molecule has 106 valence electrons. The molecule has 20 heavy (non-hydrogen) atoms. The van der Waals surface area contributed by atoms with Crippen LogP contribution in [0.3, 0.4) is 0 Å². The van der Waals surface area contributed by atoms with E-state index < -0.39 is 0 Å². The summed E-state index contributed by atoms with van der Waals surface area (Å²) < 4.78 is 6.09. The molecule has 3 rings (SSSR count). The number of rotatable bonds is 4. The van der Waals surface area contributed by atoms with Gasteiger partial charge in [0.2, 0.25) is 0 Å². The van der Waals surface area contributed by atoms with E-state index in [4.69, 9.17) is 4.74 Å². The van der Waals surface area contributed by atoms with Crippen molar-refractivity contribution in [2.45, 2.75) is 30.9 Å². The molecule has 2 aromatic carbocycles.